The second-order valence-electron chi connectivity index (χ2n) is 8.06. The lowest BCUT2D eigenvalue weighted by Crippen LogP contribution is -2.39. The van der Waals surface area contributed by atoms with Crippen LogP contribution in [0.5, 0.6) is 0 Å². The summed E-state index contributed by atoms with van der Waals surface area (Å²) in [6.45, 7) is 6.54. The van der Waals surface area contributed by atoms with Crippen molar-refractivity contribution >= 4 is 29.1 Å². The van der Waals surface area contributed by atoms with Gasteiger partial charge in [-0.15, -0.1) is 0 Å². The first kappa shape index (κ1) is 22.7. The lowest BCUT2D eigenvalue weighted by Gasteiger charge is -2.25. The van der Waals surface area contributed by atoms with Crippen molar-refractivity contribution in [1.82, 2.24) is 14.3 Å². The summed E-state index contributed by atoms with van der Waals surface area (Å²) in [6, 6.07) is 7.20. The number of nitrogens with zero attached hydrogens (tertiary/aromatic N) is 5. The Kier molecular flexibility index (Phi) is 6.07. The van der Waals surface area contributed by atoms with Crippen molar-refractivity contribution in [3.05, 3.63) is 78.2 Å². The zero-order chi connectivity index (χ0) is 23.9. The van der Waals surface area contributed by atoms with Crippen LogP contribution in [-0.4, -0.2) is 41.5 Å². The van der Waals surface area contributed by atoms with Crippen molar-refractivity contribution in [2.75, 3.05) is 26.1 Å². The highest BCUT2D eigenvalue weighted by atomic mass is 32.1. The molecule has 0 amide bonds. The van der Waals surface area contributed by atoms with E-state index < -0.39 is 12.0 Å². The number of hydrogen-bond donors (Lipinski definition) is 0. The van der Waals surface area contributed by atoms with Gasteiger partial charge in [0.05, 0.1) is 35.2 Å². The zero-order valence-electron chi connectivity index (χ0n) is 19.6. The molecule has 0 spiro atoms. The van der Waals surface area contributed by atoms with E-state index in [0.29, 0.717) is 20.6 Å². The van der Waals surface area contributed by atoms with E-state index in [1.165, 1.54) is 18.4 Å². The molecule has 0 N–H and O–H groups in total. The molecule has 0 unspecified atom stereocenters. The number of carbonyl (C=O) groups is 1. The maximum Gasteiger partial charge on any atom is 0.338 e. The first-order valence-corrected chi connectivity index (χ1v) is 11.5. The quantitative estimate of drug-likeness (QED) is 0.539. The normalized spacial score (nSPS) is 15.9. The Morgan fingerprint density at radius 3 is 2.52 bits per heavy atom. The van der Waals surface area contributed by atoms with Gasteiger partial charge in [-0.2, -0.15) is 5.10 Å². The lowest BCUT2D eigenvalue weighted by molar-refractivity contribution is -0.136. The van der Waals surface area contributed by atoms with Crippen LogP contribution in [0.2, 0.25) is 0 Å². The van der Waals surface area contributed by atoms with Crippen LogP contribution >= 0.6 is 11.3 Å². The van der Waals surface area contributed by atoms with E-state index in [9.17, 15) is 9.59 Å². The molecular weight excluding hydrogens is 438 g/mol. The number of carbonyl (C=O) groups excluding carboxylic acids is 1. The van der Waals surface area contributed by atoms with Gasteiger partial charge in [0.15, 0.2) is 4.80 Å². The number of aryl methyl sites for hydroxylation is 1. The molecule has 8 nitrogen and oxygen atoms in total. The minimum absolute atomic E-state index is 0.196. The van der Waals surface area contributed by atoms with E-state index in [2.05, 4.69) is 10.1 Å². The van der Waals surface area contributed by atoms with E-state index in [4.69, 9.17) is 4.74 Å². The monoisotopic (exact) mass is 465 g/mol. The molecule has 33 heavy (non-hydrogen) atoms. The minimum Gasteiger partial charge on any atom is -0.466 e. The van der Waals surface area contributed by atoms with E-state index in [-0.39, 0.29) is 5.56 Å². The van der Waals surface area contributed by atoms with Crippen molar-refractivity contribution in [3.8, 4) is 0 Å². The number of benzene rings is 1. The molecule has 9 heteroatoms. The third kappa shape index (κ3) is 3.93. The number of fused-ring (bicyclic) bond motifs is 1. The predicted octanol–water partition coefficient (Wildman–Crippen LogP) is 2.00. The molecule has 2 aromatic heterocycles. The second-order valence-corrected chi connectivity index (χ2v) is 9.07. The number of aromatic nitrogens is 3. The molecule has 1 aliphatic heterocycles. The molecule has 0 saturated carbocycles. The highest BCUT2D eigenvalue weighted by molar-refractivity contribution is 7.07. The smallest absolute Gasteiger partial charge is 0.338 e. The van der Waals surface area contributed by atoms with Crippen molar-refractivity contribution in [2.45, 2.75) is 33.4 Å². The summed E-state index contributed by atoms with van der Waals surface area (Å²) in [5.74, 6) is -0.493. The van der Waals surface area contributed by atoms with Gasteiger partial charge >= 0.3 is 5.97 Å². The largest absolute Gasteiger partial charge is 0.466 e. The van der Waals surface area contributed by atoms with Gasteiger partial charge in [0.1, 0.15) is 0 Å². The summed E-state index contributed by atoms with van der Waals surface area (Å²) < 4.78 is 9.09. The summed E-state index contributed by atoms with van der Waals surface area (Å²) in [4.78, 5) is 33.5. The molecule has 3 heterocycles. The highest BCUT2D eigenvalue weighted by Crippen LogP contribution is 2.31. The zero-order valence-corrected chi connectivity index (χ0v) is 20.4. The molecule has 0 bridgehead atoms. The highest BCUT2D eigenvalue weighted by Gasteiger charge is 2.33. The van der Waals surface area contributed by atoms with Gasteiger partial charge in [0.2, 0.25) is 0 Å². The number of methoxy groups -OCH3 is 1. The van der Waals surface area contributed by atoms with Crippen LogP contribution < -0.4 is 19.8 Å². The Hall–Kier alpha value is -3.46. The number of rotatable bonds is 5. The summed E-state index contributed by atoms with van der Waals surface area (Å²) in [7, 11) is 5.27. The Morgan fingerprint density at radius 2 is 1.94 bits per heavy atom. The summed E-state index contributed by atoms with van der Waals surface area (Å²) >= 11 is 1.31. The Labute approximate surface area is 195 Å². The van der Waals surface area contributed by atoms with Gasteiger partial charge in [-0.1, -0.05) is 23.5 Å². The van der Waals surface area contributed by atoms with Crippen LogP contribution in [0.4, 0.5) is 5.69 Å². The van der Waals surface area contributed by atoms with Crippen molar-refractivity contribution in [3.63, 3.8) is 0 Å². The fourth-order valence-electron chi connectivity index (χ4n) is 4.03. The van der Waals surface area contributed by atoms with E-state index in [0.717, 1.165) is 29.1 Å². The van der Waals surface area contributed by atoms with Crippen molar-refractivity contribution in [1.29, 1.82) is 0 Å². The van der Waals surface area contributed by atoms with Gasteiger partial charge < -0.3 is 9.64 Å². The van der Waals surface area contributed by atoms with Crippen LogP contribution in [0.3, 0.4) is 0 Å². The SMILES string of the molecule is CCn1ncc(C=c2sc3n(c2=O)[C@H](c2ccc(N(C)C)cc2)C(C(=O)OC)=C(C)N=3)c1C. The summed E-state index contributed by atoms with van der Waals surface area (Å²) in [5.41, 5.74) is 4.43. The van der Waals surface area contributed by atoms with Crippen LogP contribution in [0, 0.1) is 6.92 Å². The van der Waals surface area contributed by atoms with Gasteiger partial charge in [-0.25, -0.2) is 9.79 Å². The number of ether oxygens (including phenoxy) is 1. The Balaban J connectivity index is 1.94. The Bertz CT molecular complexity index is 1420. The average molecular weight is 466 g/mol. The number of allylic oxidation sites excluding steroid dienone is 1. The number of thiazole rings is 1. The van der Waals surface area contributed by atoms with Crippen LogP contribution in [-0.2, 0) is 16.1 Å². The average Bonchev–Trinajstić information content (AvgIpc) is 3.31. The van der Waals surface area contributed by atoms with Crippen LogP contribution in [0.1, 0.15) is 36.7 Å². The van der Waals surface area contributed by atoms with Crippen molar-refractivity contribution < 1.29 is 9.53 Å². The minimum atomic E-state index is -0.619. The predicted molar refractivity (Wildman–Crippen MR) is 129 cm³/mol. The third-order valence-corrected chi connectivity index (χ3v) is 6.86. The molecule has 0 saturated heterocycles. The number of anilines is 1. The number of hydrogen-bond acceptors (Lipinski definition) is 7. The molecule has 1 aliphatic rings. The fraction of sp³-hybridized carbons (Fsp3) is 0.333. The molecule has 1 aromatic carbocycles. The molecule has 0 aliphatic carbocycles. The molecule has 0 radical (unpaired) electrons. The van der Waals surface area contributed by atoms with E-state index in [1.807, 2.05) is 67.9 Å². The lowest BCUT2D eigenvalue weighted by atomic mass is 9.95. The molecule has 172 valence electrons. The Morgan fingerprint density at radius 1 is 1.24 bits per heavy atom. The van der Waals surface area contributed by atoms with Crippen molar-refractivity contribution in [2.24, 2.45) is 4.99 Å². The second kappa shape index (κ2) is 8.82. The molecular formula is C24H27N5O3S. The first-order valence-electron chi connectivity index (χ1n) is 10.7. The first-order chi connectivity index (χ1) is 15.8. The summed E-state index contributed by atoms with van der Waals surface area (Å²) in [5, 5.41) is 4.37. The van der Waals surface area contributed by atoms with Crippen LogP contribution in [0.25, 0.3) is 6.08 Å². The topological polar surface area (TPSA) is 81.7 Å². The summed E-state index contributed by atoms with van der Waals surface area (Å²) in [6.07, 6.45) is 3.61. The van der Waals surface area contributed by atoms with Crippen LogP contribution in [0.15, 0.2) is 51.5 Å². The fourth-order valence-corrected chi connectivity index (χ4v) is 5.06. The van der Waals surface area contributed by atoms with Gasteiger partial charge in [-0.3, -0.25) is 14.0 Å². The van der Waals surface area contributed by atoms with E-state index in [1.54, 1.807) is 17.7 Å². The van der Waals surface area contributed by atoms with Gasteiger partial charge in [-0.05, 0) is 44.5 Å². The van der Waals surface area contributed by atoms with Gasteiger partial charge in [0, 0.05) is 37.6 Å². The molecule has 3 aromatic rings. The van der Waals surface area contributed by atoms with Gasteiger partial charge in [0.25, 0.3) is 5.56 Å². The molecule has 0 fully saturated rings. The maximum absolute atomic E-state index is 13.6. The number of esters is 1. The maximum atomic E-state index is 13.6. The standard InChI is InChI=1S/C24H27N5O3S/c1-7-28-15(3)17(13-25-28)12-19-22(30)29-21(16-8-10-18(11-9-16)27(4)5)20(23(31)32-6)14(2)26-24(29)33-19/h8-13,21H,7H2,1-6H3/t21-/m1/s1. The third-order valence-electron chi connectivity index (χ3n) is 5.88. The van der Waals surface area contributed by atoms with E-state index >= 15 is 0 Å². The molecule has 1 atom stereocenters. The molecule has 4 rings (SSSR count).